The molecule has 5 heterocycles. The first kappa shape index (κ1) is 17.7. The zero-order chi connectivity index (χ0) is 20.5. The number of fused-ring (bicyclic) bond motifs is 2. The zero-order valence-electron chi connectivity index (χ0n) is 16.6. The van der Waals surface area contributed by atoms with Gasteiger partial charge in [0, 0.05) is 41.9 Å². The highest BCUT2D eigenvalue weighted by Crippen LogP contribution is 2.45. The third kappa shape index (κ3) is 2.74. The summed E-state index contributed by atoms with van der Waals surface area (Å²) in [6.07, 6.45) is 11.2. The van der Waals surface area contributed by atoms with Crippen LogP contribution in [0.5, 0.6) is 0 Å². The summed E-state index contributed by atoms with van der Waals surface area (Å²) in [4.78, 5) is 26.2. The normalized spacial score (nSPS) is 20.3. The number of hydrogen-bond acceptors (Lipinski definition) is 5. The van der Waals surface area contributed by atoms with Gasteiger partial charge in [-0.1, -0.05) is 0 Å². The quantitative estimate of drug-likeness (QED) is 0.556. The number of nitrogens with zero attached hydrogens (tertiary/aromatic N) is 5. The molecule has 8 heteroatoms. The van der Waals surface area contributed by atoms with Gasteiger partial charge in [0.2, 0.25) is 0 Å². The van der Waals surface area contributed by atoms with Crippen LogP contribution in [0, 0.1) is 12.7 Å². The van der Waals surface area contributed by atoms with Crippen molar-refractivity contribution in [2.24, 2.45) is 0 Å². The molecule has 0 aromatic carbocycles. The van der Waals surface area contributed by atoms with Gasteiger partial charge in [-0.05, 0) is 51.3 Å². The van der Waals surface area contributed by atoms with Gasteiger partial charge in [-0.15, -0.1) is 0 Å². The molecule has 2 fully saturated rings. The van der Waals surface area contributed by atoms with Gasteiger partial charge in [-0.25, -0.2) is 19.3 Å². The minimum absolute atomic E-state index is 0.0615. The van der Waals surface area contributed by atoms with Crippen LogP contribution < -0.4 is 10.9 Å². The summed E-state index contributed by atoms with van der Waals surface area (Å²) < 4.78 is 17.9. The Kier molecular flexibility index (Phi) is 3.65. The molecule has 2 aliphatic rings. The van der Waals surface area contributed by atoms with Crippen molar-refractivity contribution in [2.45, 2.75) is 44.2 Å². The fourth-order valence-corrected chi connectivity index (χ4v) is 4.67. The van der Waals surface area contributed by atoms with E-state index in [1.54, 1.807) is 23.0 Å². The van der Waals surface area contributed by atoms with E-state index in [9.17, 15) is 9.18 Å². The molecule has 1 saturated carbocycles. The second-order valence-corrected chi connectivity index (χ2v) is 8.56. The minimum Gasteiger partial charge on any atom is -0.312 e. The molecular formula is C22H21FN6O. The van der Waals surface area contributed by atoms with Gasteiger partial charge in [0.15, 0.2) is 17.3 Å². The van der Waals surface area contributed by atoms with Crippen LogP contribution in [0.3, 0.4) is 0 Å². The maximum atomic E-state index is 14.5. The van der Waals surface area contributed by atoms with Crippen molar-refractivity contribution in [2.75, 3.05) is 6.54 Å². The fourth-order valence-electron chi connectivity index (χ4n) is 4.67. The molecule has 0 amide bonds. The van der Waals surface area contributed by atoms with Gasteiger partial charge in [0.1, 0.15) is 0 Å². The summed E-state index contributed by atoms with van der Waals surface area (Å²) >= 11 is 0. The lowest BCUT2D eigenvalue weighted by atomic mass is 9.97. The van der Waals surface area contributed by atoms with Gasteiger partial charge in [0.05, 0.1) is 16.6 Å². The molecule has 1 aliphatic carbocycles. The number of aryl methyl sites for hydroxylation is 1. The fraction of sp³-hybridized carbons (Fsp3) is 0.364. The Hall–Kier alpha value is -3.13. The molecule has 6 rings (SSSR count). The molecule has 0 unspecified atom stereocenters. The van der Waals surface area contributed by atoms with Crippen LogP contribution >= 0.6 is 0 Å². The first-order chi connectivity index (χ1) is 14.5. The van der Waals surface area contributed by atoms with Crippen molar-refractivity contribution in [3.05, 3.63) is 58.8 Å². The van der Waals surface area contributed by atoms with Crippen LogP contribution in [-0.2, 0) is 0 Å². The largest absolute Gasteiger partial charge is 0.312 e. The van der Waals surface area contributed by atoms with Crippen molar-refractivity contribution in [1.82, 2.24) is 29.2 Å². The standard InChI is InChI=1S/C22H21FN6O/c1-13-11-28-12-14(8-17(23)20(28)26-13)19-24-10-16-18(27-19)3-7-29(21(16)30)15-2-6-25-22(9-15)4-5-22/h3,7-8,10-12,15,25H,2,4-6,9H2,1H3/t15-/m1/s1. The maximum absolute atomic E-state index is 14.5. The molecule has 1 saturated heterocycles. The summed E-state index contributed by atoms with van der Waals surface area (Å²) in [5.41, 5.74) is 2.29. The van der Waals surface area contributed by atoms with E-state index >= 15 is 0 Å². The number of piperidine rings is 1. The van der Waals surface area contributed by atoms with E-state index in [1.807, 2.05) is 23.8 Å². The van der Waals surface area contributed by atoms with Gasteiger partial charge in [-0.2, -0.15) is 0 Å². The molecule has 0 radical (unpaired) electrons. The van der Waals surface area contributed by atoms with E-state index in [-0.39, 0.29) is 22.8 Å². The number of aromatic nitrogens is 5. The number of halogens is 1. The summed E-state index contributed by atoms with van der Waals surface area (Å²) in [6.45, 7) is 2.75. The van der Waals surface area contributed by atoms with Crippen LogP contribution in [0.15, 0.2) is 41.7 Å². The van der Waals surface area contributed by atoms with Crippen LogP contribution in [0.2, 0.25) is 0 Å². The Bertz CT molecular complexity index is 1370. The average molecular weight is 404 g/mol. The Morgan fingerprint density at radius 1 is 1.27 bits per heavy atom. The molecule has 4 aromatic rings. The molecular weight excluding hydrogens is 383 g/mol. The van der Waals surface area contributed by atoms with Crippen LogP contribution in [0.4, 0.5) is 4.39 Å². The molecule has 30 heavy (non-hydrogen) atoms. The number of hydrogen-bond donors (Lipinski definition) is 1. The SMILES string of the molecule is Cc1cn2cc(-c3ncc4c(=O)n([C@@H]5CCNC6(CC6)C5)ccc4n3)cc(F)c2n1. The van der Waals surface area contributed by atoms with Gasteiger partial charge < -0.3 is 14.3 Å². The third-order valence-corrected chi connectivity index (χ3v) is 6.41. The van der Waals surface area contributed by atoms with E-state index in [4.69, 9.17) is 0 Å². The van der Waals surface area contributed by atoms with Gasteiger partial charge >= 0.3 is 0 Å². The lowest BCUT2D eigenvalue weighted by Crippen LogP contribution is -2.42. The topological polar surface area (TPSA) is 77.1 Å². The lowest BCUT2D eigenvalue weighted by Gasteiger charge is -2.31. The molecule has 1 spiro atoms. The molecule has 1 atom stereocenters. The second-order valence-electron chi connectivity index (χ2n) is 8.56. The van der Waals surface area contributed by atoms with E-state index < -0.39 is 5.82 Å². The molecule has 1 N–H and O–H groups in total. The number of imidazole rings is 1. The van der Waals surface area contributed by atoms with Crippen molar-refractivity contribution in [1.29, 1.82) is 0 Å². The Labute approximate surface area is 171 Å². The molecule has 0 bridgehead atoms. The summed E-state index contributed by atoms with van der Waals surface area (Å²) in [5, 5.41) is 4.08. The van der Waals surface area contributed by atoms with Gasteiger partial charge in [-0.3, -0.25) is 4.79 Å². The van der Waals surface area contributed by atoms with Crippen molar-refractivity contribution in [3.63, 3.8) is 0 Å². The first-order valence-corrected chi connectivity index (χ1v) is 10.3. The number of rotatable bonds is 2. The first-order valence-electron chi connectivity index (χ1n) is 10.3. The molecule has 7 nitrogen and oxygen atoms in total. The van der Waals surface area contributed by atoms with Crippen molar-refractivity contribution >= 4 is 16.6 Å². The van der Waals surface area contributed by atoms with Gasteiger partial charge in [0.25, 0.3) is 5.56 Å². The minimum atomic E-state index is -0.431. The number of nitrogens with one attached hydrogen (secondary N) is 1. The predicted octanol–water partition coefficient (Wildman–Crippen LogP) is 3.01. The molecule has 4 aromatic heterocycles. The zero-order valence-corrected chi connectivity index (χ0v) is 16.6. The lowest BCUT2D eigenvalue weighted by molar-refractivity contribution is 0.282. The monoisotopic (exact) mass is 404 g/mol. The van der Waals surface area contributed by atoms with E-state index in [1.165, 1.54) is 18.9 Å². The summed E-state index contributed by atoms with van der Waals surface area (Å²) in [5.74, 6) is -0.0507. The van der Waals surface area contributed by atoms with Crippen molar-refractivity contribution in [3.8, 4) is 11.4 Å². The summed E-state index contributed by atoms with van der Waals surface area (Å²) in [6, 6.07) is 3.44. The highest BCUT2D eigenvalue weighted by Gasteiger charge is 2.46. The molecule has 152 valence electrons. The highest BCUT2D eigenvalue weighted by atomic mass is 19.1. The molecule has 1 aliphatic heterocycles. The van der Waals surface area contributed by atoms with E-state index in [0.29, 0.717) is 22.3 Å². The smallest absolute Gasteiger partial charge is 0.261 e. The average Bonchev–Trinajstić information content (AvgIpc) is 3.35. The second kappa shape index (κ2) is 6.18. The van der Waals surface area contributed by atoms with E-state index in [2.05, 4.69) is 20.3 Å². The third-order valence-electron chi connectivity index (χ3n) is 6.41. The van der Waals surface area contributed by atoms with Crippen LogP contribution in [0.1, 0.15) is 37.4 Å². The van der Waals surface area contributed by atoms with E-state index in [0.717, 1.165) is 25.1 Å². The van der Waals surface area contributed by atoms with Crippen LogP contribution in [0.25, 0.3) is 27.9 Å². The predicted molar refractivity (Wildman–Crippen MR) is 111 cm³/mol. The summed E-state index contributed by atoms with van der Waals surface area (Å²) in [7, 11) is 0. The van der Waals surface area contributed by atoms with Crippen molar-refractivity contribution < 1.29 is 4.39 Å². The Morgan fingerprint density at radius 3 is 2.97 bits per heavy atom. The Morgan fingerprint density at radius 2 is 2.13 bits per heavy atom. The number of pyridine rings is 2. The van der Waals surface area contributed by atoms with Crippen LogP contribution in [-0.4, -0.2) is 36.0 Å². The highest BCUT2D eigenvalue weighted by molar-refractivity contribution is 5.78. The Balaban J connectivity index is 1.41. The maximum Gasteiger partial charge on any atom is 0.261 e.